The summed E-state index contributed by atoms with van der Waals surface area (Å²) < 4.78 is 0. The van der Waals surface area contributed by atoms with E-state index in [0.717, 1.165) is 25.4 Å². The van der Waals surface area contributed by atoms with Gasteiger partial charge in [-0.25, -0.2) is 4.98 Å². The molecule has 1 aromatic heterocycles. The number of aromatic nitrogens is 1. The lowest BCUT2D eigenvalue weighted by Gasteiger charge is -2.26. The maximum atomic E-state index is 6.09. The van der Waals surface area contributed by atoms with E-state index in [2.05, 4.69) is 29.8 Å². The van der Waals surface area contributed by atoms with E-state index in [0.29, 0.717) is 0 Å². The molecular weight excluding hydrogens is 222 g/mol. The largest absolute Gasteiger partial charge is 0.353 e. The number of nitrogens with zero attached hydrogens (tertiary/aromatic N) is 2. The highest BCUT2D eigenvalue weighted by molar-refractivity contribution is 5.49. The van der Waals surface area contributed by atoms with Crippen LogP contribution in [-0.2, 0) is 6.42 Å². The van der Waals surface area contributed by atoms with Crippen LogP contribution in [0.4, 0.5) is 5.82 Å². The highest BCUT2D eigenvalue weighted by Crippen LogP contribution is 2.32. The fourth-order valence-electron chi connectivity index (χ4n) is 2.36. The Bertz CT molecular complexity index is 374. The Balaban J connectivity index is 2.18. The van der Waals surface area contributed by atoms with Crippen LogP contribution in [0.5, 0.6) is 0 Å². The first-order chi connectivity index (χ1) is 8.76. The van der Waals surface area contributed by atoms with E-state index in [-0.39, 0.29) is 6.04 Å². The number of hydrogen-bond donors (Lipinski definition) is 1. The SMILES string of the molecule is CCCN(c1ncccc1CC(N)CC)C1CC1. The van der Waals surface area contributed by atoms with Gasteiger partial charge >= 0.3 is 0 Å². The lowest BCUT2D eigenvalue weighted by atomic mass is 10.0. The molecule has 0 aromatic carbocycles. The summed E-state index contributed by atoms with van der Waals surface area (Å²) in [5.41, 5.74) is 7.41. The van der Waals surface area contributed by atoms with E-state index < -0.39 is 0 Å². The molecule has 1 aromatic rings. The lowest BCUT2D eigenvalue weighted by Crippen LogP contribution is -2.30. The fraction of sp³-hybridized carbons (Fsp3) is 0.667. The number of pyridine rings is 1. The van der Waals surface area contributed by atoms with Crippen molar-refractivity contribution >= 4 is 5.82 Å². The monoisotopic (exact) mass is 247 g/mol. The van der Waals surface area contributed by atoms with E-state index in [9.17, 15) is 0 Å². The number of hydrogen-bond acceptors (Lipinski definition) is 3. The molecular formula is C15H25N3. The molecule has 0 amide bonds. The summed E-state index contributed by atoms with van der Waals surface area (Å²) in [6, 6.07) is 5.17. The van der Waals surface area contributed by atoms with Crippen molar-refractivity contribution in [3.05, 3.63) is 23.9 Å². The first kappa shape index (κ1) is 13.3. The number of anilines is 1. The van der Waals surface area contributed by atoms with Crippen molar-refractivity contribution in [2.24, 2.45) is 5.73 Å². The normalized spacial score (nSPS) is 16.6. The Labute approximate surface area is 110 Å². The summed E-state index contributed by atoms with van der Waals surface area (Å²) in [5, 5.41) is 0. The minimum Gasteiger partial charge on any atom is -0.353 e. The first-order valence-electron chi connectivity index (χ1n) is 7.22. The second kappa shape index (κ2) is 6.19. The van der Waals surface area contributed by atoms with E-state index in [4.69, 9.17) is 5.73 Å². The molecule has 1 atom stereocenters. The third kappa shape index (κ3) is 3.22. The molecule has 2 N–H and O–H groups in total. The van der Waals surface area contributed by atoms with Gasteiger partial charge in [0, 0.05) is 24.8 Å². The number of nitrogens with two attached hydrogens (primary N) is 1. The molecule has 1 heterocycles. The Kier molecular flexibility index (Phi) is 4.59. The van der Waals surface area contributed by atoms with Gasteiger partial charge in [0.05, 0.1) is 0 Å². The zero-order valence-electron chi connectivity index (χ0n) is 11.6. The van der Waals surface area contributed by atoms with Crippen molar-refractivity contribution < 1.29 is 0 Å². The van der Waals surface area contributed by atoms with Gasteiger partial charge in [-0.3, -0.25) is 0 Å². The molecule has 18 heavy (non-hydrogen) atoms. The Morgan fingerprint density at radius 2 is 2.22 bits per heavy atom. The van der Waals surface area contributed by atoms with Crippen LogP contribution in [-0.4, -0.2) is 23.6 Å². The van der Waals surface area contributed by atoms with Crippen molar-refractivity contribution in [3.63, 3.8) is 0 Å². The molecule has 0 aliphatic heterocycles. The molecule has 1 aliphatic carbocycles. The molecule has 0 radical (unpaired) electrons. The van der Waals surface area contributed by atoms with Gasteiger partial charge in [0.2, 0.25) is 0 Å². The van der Waals surface area contributed by atoms with Crippen LogP contribution in [0.3, 0.4) is 0 Å². The average molecular weight is 247 g/mol. The van der Waals surface area contributed by atoms with E-state index in [1.807, 2.05) is 12.3 Å². The smallest absolute Gasteiger partial charge is 0.132 e. The lowest BCUT2D eigenvalue weighted by molar-refractivity contribution is 0.640. The molecule has 1 unspecified atom stereocenters. The summed E-state index contributed by atoms with van der Waals surface area (Å²) in [5.74, 6) is 1.17. The van der Waals surface area contributed by atoms with E-state index in [1.54, 1.807) is 0 Å². The minimum atomic E-state index is 0.246. The standard InChI is InChI=1S/C15H25N3/c1-3-10-18(14-7-8-14)15-12(6-5-9-17-15)11-13(16)4-2/h5-6,9,13-14H,3-4,7-8,10-11,16H2,1-2H3. The molecule has 1 saturated carbocycles. The van der Waals surface area contributed by atoms with Gasteiger partial charge < -0.3 is 10.6 Å². The molecule has 1 fully saturated rings. The summed E-state index contributed by atoms with van der Waals surface area (Å²) >= 11 is 0. The maximum absolute atomic E-state index is 6.09. The third-order valence-electron chi connectivity index (χ3n) is 3.60. The van der Waals surface area contributed by atoms with E-state index in [1.165, 1.54) is 30.6 Å². The quantitative estimate of drug-likeness (QED) is 0.805. The minimum absolute atomic E-state index is 0.246. The van der Waals surface area contributed by atoms with Crippen LogP contribution in [0.1, 0.15) is 45.1 Å². The molecule has 100 valence electrons. The van der Waals surface area contributed by atoms with Crippen LogP contribution in [0.15, 0.2) is 18.3 Å². The van der Waals surface area contributed by atoms with E-state index >= 15 is 0 Å². The van der Waals surface area contributed by atoms with Crippen LogP contribution < -0.4 is 10.6 Å². The van der Waals surface area contributed by atoms with Gasteiger partial charge in [0.1, 0.15) is 5.82 Å². The topological polar surface area (TPSA) is 42.2 Å². The van der Waals surface area contributed by atoms with Gasteiger partial charge in [-0.15, -0.1) is 0 Å². The number of rotatable bonds is 7. The molecule has 0 saturated heterocycles. The zero-order valence-corrected chi connectivity index (χ0v) is 11.6. The van der Waals surface area contributed by atoms with Gasteiger partial charge in [0.25, 0.3) is 0 Å². The maximum Gasteiger partial charge on any atom is 0.132 e. The van der Waals surface area contributed by atoms with Gasteiger partial charge in [-0.2, -0.15) is 0 Å². The molecule has 2 rings (SSSR count). The van der Waals surface area contributed by atoms with Crippen molar-refractivity contribution in [2.45, 2.75) is 58.0 Å². The summed E-state index contributed by atoms with van der Waals surface area (Å²) in [4.78, 5) is 7.10. The predicted molar refractivity (Wildman–Crippen MR) is 76.9 cm³/mol. The molecule has 1 aliphatic rings. The zero-order chi connectivity index (χ0) is 13.0. The molecule has 0 bridgehead atoms. The Morgan fingerprint density at radius 1 is 1.44 bits per heavy atom. The molecule has 0 spiro atoms. The van der Waals surface area contributed by atoms with Crippen molar-refractivity contribution in [1.82, 2.24) is 4.98 Å². The van der Waals surface area contributed by atoms with Gasteiger partial charge in [-0.05, 0) is 43.7 Å². The van der Waals surface area contributed by atoms with Gasteiger partial charge in [-0.1, -0.05) is 19.9 Å². The van der Waals surface area contributed by atoms with Crippen LogP contribution in [0.2, 0.25) is 0 Å². The highest BCUT2D eigenvalue weighted by atomic mass is 15.2. The third-order valence-corrected chi connectivity index (χ3v) is 3.60. The van der Waals surface area contributed by atoms with Crippen LogP contribution >= 0.6 is 0 Å². The Morgan fingerprint density at radius 3 is 2.83 bits per heavy atom. The summed E-state index contributed by atoms with van der Waals surface area (Å²) in [6.45, 7) is 5.48. The predicted octanol–water partition coefficient (Wildman–Crippen LogP) is 2.74. The van der Waals surface area contributed by atoms with Crippen molar-refractivity contribution in [2.75, 3.05) is 11.4 Å². The fourth-order valence-corrected chi connectivity index (χ4v) is 2.36. The van der Waals surface area contributed by atoms with Gasteiger partial charge in [0.15, 0.2) is 0 Å². The average Bonchev–Trinajstić information content (AvgIpc) is 3.21. The second-order valence-corrected chi connectivity index (χ2v) is 5.28. The summed E-state index contributed by atoms with van der Waals surface area (Å²) in [7, 11) is 0. The molecule has 3 nitrogen and oxygen atoms in total. The van der Waals surface area contributed by atoms with Crippen molar-refractivity contribution in [3.8, 4) is 0 Å². The molecule has 3 heteroatoms. The van der Waals surface area contributed by atoms with Crippen LogP contribution in [0.25, 0.3) is 0 Å². The first-order valence-corrected chi connectivity index (χ1v) is 7.22. The van der Waals surface area contributed by atoms with Crippen molar-refractivity contribution in [1.29, 1.82) is 0 Å². The van der Waals surface area contributed by atoms with Crippen LogP contribution in [0, 0.1) is 0 Å². The summed E-state index contributed by atoms with van der Waals surface area (Å²) in [6.07, 6.45) is 7.66. The second-order valence-electron chi connectivity index (χ2n) is 5.28. The highest BCUT2D eigenvalue weighted by Gasteiger charge is 2.30. The Hall–Kier alpha value is -1.09.